The van der Waals surface area contributed by atoms with Crippen molar-refractivity contribution in [2.24, 2.45) is 0 Å². The van der Waals surface area contributed by atoms with Crippen molar-refractivity contribution in [1.82, 2.24) is 4.90 Å². The number of anilines is 3. The predicted octanol–water partition coefficient (Wildman–Crippen LogP) is 3.77. The van der Waals surface area contributed by atoms with E-state index in [1.165, 1.54) is 6.07 Å². The molecule has 0 spiro atoms. The van der Waals surface area contributed by atoms with Crippen molar-refractivity contribution in [3.63, 3.8) is 0 Å². The van der Waals surface area contributed by atoms with E-state index in [0.717, 1.165) is 16.8 Å². The number of likely N-dealkylation sites (N-methyl/N-ethyl adjacent to an activating group) is 1. The van der Waals surface area contributed by atoms with Crippen LogP contribution in [0, 0.1) is 0 Å². The average Bonchev–Trinajstić information content (AvgIpc) is 2.92. The molecule has 1 unspecified atom stereocenters. The summed E-state index contributed by atoms with van der Waals surface area (Å²) in [6, 6.07) is 10.5. The van der Waals surface area contributed by atoms with Crippen molar-refractivity contribution < 1.29 is 19.4 Å². The van der Waals surface area contributed by atoms with E-state index in [2.05, 4.69) is 5.32 Å². The van der Waals surface area contributed by atoms with Gasteiger partial charge in [0.2, 0.25) is 0 Å². The van der Waals surface area contributed by atoms with Crippen LogP contribution < -0.4 is 30.5 Å². The zero-order valence-corrected chi connectivity index (χ0v) is 22.4. The van der Waals surface area contributed by atoms with E-state index in [1.807, 2.05) is 74.4 Å². The molecule has 3 aromatic rings. The summed E-state index contributed by atoms with van der Waals surface area (Å²) >= 11 is 0. The fourth-order valence-corrected chi connectivity index (χ4v) is 4.75. The van der Waals surface area contributed by atoms with Gasteiger partial charge in [0, 0.05) is 54.3 Å². The number of nitrogens with zero attached hydrogens (tertiary/aromatic N) is 2. The maximum Gasteiger partial charge on any atom is 0.336 e. The molecule has 200 valence electrons. The van der Waals surface area contributed by atoms with E-state index in [0.29, 0.717) is 28.3 Å². The Morgan fingerprint density at radius 3 is 2.49 bits per heavy atom. The first-order valence-corrected chi connectivity index (χ1v) is 12.5. The van der Waals surface area contributed by atoms with Gasteiger partial charge in [0.05, 0.1) is 12.2 Å². The maximum absolute atomic E-state index is 12.4. The number of hydrogen-bond donors (Lipinski definition) is 2. The Labute approximate surface area is 225 Å². The van der Waals surface area contributed by atoms with Gasteiger partial charge in [0.15, 0.2) is 5.75 Å². The van der Waals surface area contributed by atoms with E-state index in [-0.39, 0.29) is 29.6 Å². The van der Waals surface area contributed by atoms with Crippen LogP contribution in [-0.4, -0.2) is 56.8 Å². The standard InChI is InChI=1S/C30H29N3O6/c1-6-38-29-26(27(34)28(29)35)31-16-7-10-19(30(36)37)22(13-16)25-20-11-8-17(32(2)3)14-23(20)39-24-15-18(33(4)5)9-12-21(24)25/h7-15,17,31H,6H2,1-5H3,(H,36,37). The molecule has 0 saturated carbocycles. The molecule has 39 heavy (non-hydrogen) atoms. The Kier molecular flexibility index (Phi) is 6.61. The Bertz CT molecular complexity index is 1650. The predicted molar refractivity (Wildman–Crippen MR) is 151 cm³/mol. The number of carboxylic acid groups (broad SMARTS) is 1. The molecule has 2 N–H and O–H groups in total. The van der Waals surface area contributed by atoms with Crippen molar-refractivity contribution >= 4 is 28.6 Å². The lowest BCUT2D eigenvalue weighted by atomic mass is 9.84. The largest absolute Gasteiger partial charge is 0.488 e. The number of rotatable bonds is 8. The summed E-state index contributed by atoms with van der Waals surface area (Å²) in [5.41, 5.74) is 2.81. The molecule has 0 amide bonds. The van der Waals surface area contributed by atoms with E-state index in [9.17, 15) is 19.5 Å². The number of allylic oxidation sites excluding steroid dienone is 1. The Morgan fingerprint density at radius 1 is 1.05 bits per heavy atom. The fraction of sp³-hybridized carbons (Fsp3) is 0.233. The van der Waals surface area contributed by atoms with Gasteiger partial charge in [-0.05, 0) is 63.0 Å². The van der Waals surface area contributed by atoms with Crippen LogP contribution in [0.5, 0.6) is 11.5 Å². The van der Waals surface area contributed by atoms with Crippen molar-refractivity contribution in [1.29, 1.82) is 0 Å². The van der Waals surface area contributed by atoms with Crippen molar-refractivity contribution in [2.45, 2.75) is 13.0 Å². The lowest BCUT2D eigenvalue weighted by molar-refractivity contribution is 0.0696. The molecule has 3 aromatic carbocycles. The third kappa shape index (κ3) is 4.51. The van der Waals surface area contributed by atoms with Gasteiger partial charge >= 0.3 is 5.97 Å². The number of nitrogens with one attached hydrogen (secondary N) is 1. The van der Waals surface area contributed by atoms with Gasteiger partial charge in [0.25, 0.3) is 10.9 Å². The van der Waals surface area contributed by atoms with E-state index in [1.54, 1.807) is 19.1 Å². The highest BCUT2D eigenvalue weighted by Gasteiger charge is 2.31. The normalized spacial score (nSPS) is 15.9. The monoisotopic (exact) mass is 527 g/mol. The number of fused-ring (bicyclic) bond motifs is 2. The second-order valence-corrected chi connectivity index (χ2v) is 9.80. The minimum atomic E-state index is -1.09. The summed E-state index contributed by atoms with van der Waals surface area (Å²) in [5, 5.41) is 13.1. The topological polar surface area (TPSA) is 108 Å². The first-order chi connectivity index (χ1) is 18.6. The Morgan fingerprint density at radius 2 is 1.82 bits per heavy atom. The van der Waals surface area contributed by atoms with Crippen LogP contribution in [0.25, 0.3) is 5.57 Å². The molecule has 1 aliphatic carbocycles. The molecule has 1 heterocycles. The van der Waals surface area contributed by atoms with Crippen LogP contribution >= 0.6 is 0 Å². The number of ether oxygens (including phenoxy) is 2. The molecule has 0 bridgehead atoms. The first-order valence-electron chi connectivity index (χ1n) is 12.5. The number of benzene rings is 2. The molecule has 0 radical (unpaired) electrons. The van der Waals surface area contributed by atoms with Crippen LogP contribution in [-0.2, 0) is 0 Å². The van der Waals surface area contributed by atoms with Gasteiger partial charge in [-0.15, -0.1) is 0 Å². The zero-order valence-electron chi connectivity index (χ0n) is 22.4. The average molecular weight is 528 g/mol. The second-order valence-electron chi connectivity index (χ2n) is 9.80. The summed E-state index contributed by atoms with van der Waals surface area (Å²) in [6.07, 6.45) is 5.98. The summed E-state index contributed by atoms with van der Waals surface area (Å²) in [6.45, 7) is 1.96. The second kappa shape index (κ2) is 9.92. The number of aromatic carboxylic acids is 1. The lowest BCUT2D eigenvalue weighted by Gasteiger charge is -2.31. The van der Waals surface area contributed by atoms with Gasteiger partial charge in [-0.3, -0.25) is 14.5 Å². The molecule has 2 aliphatic rings. The van der Waals surface area contributed by atoms with E-state index >= 15 is 0 Å². The smallest absolute Gasteiger partial charge is 0.336 e. The Balaban J connectivity index is 1.71. The van der Waals surface area contributed by atoms with Crippen LogP contribution in [0.4, 0.5) is 17.1 Å². The quantitative estimate of drug-likeness (QED) is 0.423. The van der Waals surface area contributed by atoms with Gasteiger partial charge in [0.1, 0.15) is 17.2 Å². The molecule has 0 aromatic heterocycles. The van der Waals surface area contributed by atoms with E-state index in [4.69, 9.17) is 9.47 Å². The van der Waals surface area contributed by atoms with Crippen LogP contribution in [0.15, 0.2) is 75.5 Å². The van der Waals surface area contributed by atoms with Crippen molar-refractivity contribution in [2.75, 3.05) is 45.0 Å². The zero-order chi connectivity index (χ0) is 28.0. The third-order valence-corrected chi connectivity index (χ3v) is 6.83. The molecule has 0 fully saturated rings. The summed E-state index contributed by atoms with van der Waals surface area (Å²) in [7, 11) is 7.81. The molecule has 9 heteroatoms. The fourth-order valence-electron chi connectivity index (χ4n) is 4.75. The maximum atomic E-state index is 12.4. The Hall–Kier alpha value is -4.63. The summed E-state index contributed by atoms with van der Waals surface area (Å²) < 4.78 is 11.7. The molecule has 0 saturated heterocycles. The lowest BCUT2D eigenvalue weighted by Crippen LogP contribution is -2.35. The summed E-state index contributed by atoms with van der Waals surface area (Å²) in [4.78, 5) is 40.6. The van der Waals surface area contributed by atoms with Crippen molar-refractivity contribution in [3.05, 3.63) is 103 Å². The van der Waals surface area contributed by atoms with Crippen LogP contribution in [0.2, 0.25) is 0 Å². The highest BCUT2D eigenvalue weighted by molar-refractivity contribution is 6.01. The van der Waals surface area contributed by atoms with Crippen LogP contribution in [0.1, 0.15) is 28.4 Å². The summed E-state index contributed by atoms with van der Waals surface area (Å²) in [5.74, 6) is 0.125. The highest BCUT2D eigenvalue weighted by atomic mass is 16.5. The minimum absolute atomic E-state index is 0.00150. The number of carboxylic acids is 1. The van der Waals surface area contributed by atoms with Crippen molar-refractivity contribution in [3.8, 4) is 11.5 Å². The molecular formula is C30H29N3O6. The molecule has 5 rings (SSSR count). The van der Waals surface area contributed by atoms with Gasteiger partial charge < -0.3 is 24.8 Å². The van der Waals surface area contributed by atoms with Gasteiger partial charge in [-0.2, -0.15) is 0 Å². The highest BCUT2D eigenvalue weighted by Crippen LogP contribution is 2.46. The molecule has 1 aliphatic heterocycles. The van der Waals surface area contributed by atoms with E-state index < -0.39 is 16.8 Å². The molecule has 9 nitrogen and oxygen atoms in total. The molecular weight excluding hydrogens is 498 g/mol. The number of hydrogen-bond acceptors (Lipinski definition) is 8. The first kappa shape index (κ1) is 26.0. The third-order valence-electron chi connectivity index (χ3n) is 6.83. The van der Waals surface area contributed by atoms with Gasteiger partial charge in [-0.1, -0.05) is 12.2 Å². The SMILES string of the molecule is CCOc1c(Nc2ccc(C(=O)O)c(C3=C4C=CC(N(C)C)C=C4Oc4cc(N(C)C)ccc43)c2)c(=O)c1=O. The van der Waals surface area contributed by atoms with Crippen LogP contribution in [0.3, 0.4) is 0 Å². The number of carbonyl (C=O) groups is 1. The van der Waals surface area contributed by atoms with Gasteiger partial charge in [-0.25, -0.2) is 4.79 Å². The molecule has 1 atom stereocenters. The minimum Gasteiger partial charge on any atom is -0.488 e.